The van der Waals surface area contributed by atoms with Crippen molar-refractivity contribution in [3.8, 4) is 0 Å². The third-order valence-electron chi connectivity index (χ3n) is 1.12. The molecule has 0 fully saturated rings. The molecule has 0 aliphatic rings. The van der Waals surface area contributed by atoms with Crippen LogP contribution in [0, 0.1) is 0 Å². The van der Waals surface area contributed by atoms with E-state index in [4.69, 9.17) is 10.3 Å². The lowest BCUT2D eigenvalue weighted by Crippen LogP contribution is -2.16. The quantitative estimate of drug-likeness (QED) is 0.616. The molecule has 0 aliphatic carbocycles. The van der Waals surface area contributed by atoms with Gasteiger partial charge in [0.1, 0.15) is 0 Å². The average molecular weight is 179 g/mol. The van der Waals surface area contributed by atoms with E-state index in [9.17, 15) is 8.42 Å². The van der Waals surface area contributed by atoms with E-state index < -0.39 is 10.1 Å². The van der Waals surface area contributed by atoms with Crippen LogP contribution in [0.2, 0.25) is 0 Å². The third kappa shape index (κ3) is 7.51. The van der Waals surface area contributed by atoms with Crippen molar-refractivity contribution in [3.05, 3.63) is 11.5 Å². The molecule has 5 heteroatoms. The molecule has 66 valence electrons. The van der Waals surface area contributed by atoms with E-state index in [1.165, 1.54) is 6.08 Å². The van der Waals surface area contributed by atoms with Gasteiger partial charge in [-0.1, -0.05) is 19.4 Å². The molecule has 1 atom stereocenters. The smallest absolute Gasteiger partial charge is 0.287 e. The van der Waals surface area contributed by atoms with Gasteiger partial charge in [0, 0.05) is 6.04 Å². The van der Waals surface area contributed by atoms with Crippen LogP contribution in [-0.4, -0.2) is 19.0 Å². The summed E-state index contributed by atoms with van der Waals surface area (Å²) >= 11 is 0. The van der Waals surface area contributed by atoms with Crippen LogP contribution in [-0.2, 0) is 10.1 Å². The third-order valence-corrected chi connectivity index (χ3v) is 1.62. The minimum atomic E-state index is -4.00. The van der Waals surface area contributed by atoms with Crippen LogP contribution in [0.25, 0.3) is 0 Å². The standard InChI is InChI=1S/C6H13NO3S/c1-2-3-6(7)4-5-11(8,9)10/h4-6H,2-3,7H2,1H3,(H,8,9,10)/t6-/m1/s1. The summed E-state index contributed by atoms with van der Waals surface area (Å²) in [6, 6.07) is -0.290. The average Bonchev–Trinajstić information content (AvgIpc) is 1.83. The Morgan fingerprint density at radius 1 is 1.64 bits per heavy atom. The zero-order valence-electron chi connectivity index (χ0n) is 6.40. The van der Waals surface area contributed by atoms with E-state index in [1.54, 1.807) is 0 Å². The fourth-order valence-electron chi connectivity index (χ4n) is 0.630. The van der Waals surface area contributed by atoms with Crippen molar-refractivity contribution in [2.24, 2.45) is 5.73 Å². The van der Waals surface area contributed by atoms with Crippen molar-refractivity contribution in [1.29, 1.82) is 0 Å². The first-order chi connectivity index (χ1) is 4.95. The topological polar surface area (TPSA) is 80.4 Å². The summed E-state index contributed by atoms with van der Waals surface area (Å²) in [5, 5.41) is 0.716. The van der Waals surface area contributed by atoms with Crippen LogP contribution >= 0.6 is 0 Å². The summed E-state index contributed by atoms with van der Waals surface area (Å²) in [4.78, 5) is 0. The molecule has 0 spiro atoms. The Bertz CT molecular complexity index is 220. The maximum atomic E-state index is 10.2. The largest absolute Gasteiger partial charge is 0.324 e. The van der Waals surface area contributed by atoms with Crippen molar-refractivity contribution in [2.45, 2.75) is 25.8 Å². The molecular formula is C6H13NO3S. The van der Waals surface area contributed by atoms with Gasteiger partial charge < -0.3 is 5.73 Å². The molecule has 0 radical (unpaired) electrons. The lowest BCUT2D eigenvalue weighted by molar-refractivity contribution is 0.494. The van der Waals surface area contributed by atoms with Crippen LogP contribution in [0.1, 0.15) is 19.8 Å². The molecule has 0 aromatic rings. The highest BCUT2D eigenvalue weighted by molar-refractivity contribution is 7.88. The Morgan fingerprint density at radius 2 is 2.18 bits per heavy atom. The van der Waals surface area contributed by atoms with E-state index in [2.05, 4.69) is 0 Å². The van der Waals surface area contributed by atoms with Crippen molar-refractivity contribution >= 4 is 10.1 Å². The molecule has 0 unspecified atom stereocenters. The SMILES string of the molecule is CCC[C@@H](N)C=CS(=O)(=O)O. The molecule has 0 aromatic carbocycles. The van der Waals surface area contributed by atoms with E-state index >= 15 is 0 Å². The summed E-state index contributed by atoms with van der Waals surface area (Å²) < 4.78 is 28.6. The predicted molar refractivity (Wildman–Crippen MR) is 43.6 cm³/mol. The van der Waals surface area contributed by atoms with Crippen LogP contribution in [0.4, 0.5) is 0 Å². The van der Waals surface area contributed by atoms with Crippen LogP contribution in [0.5, 0.6) is 0 Å². The number of rotatable bonds is 4. The highest BCUT2D eigenvalue weighted by atomic mass is 32.2. The molecule has 0 saturated carbocycles. The number of hydrogen-bond donors (Lipinski definition) is 2. The van der Waals surface area contributed by atoms with Gasteiger partial charge in [-0.05, 0) is 6.42 Å². The zero-order valence-corrected chi connectivity index (χ0v) is 7.21. The minimum Gasteiger partial charge on any atom is -0.324 e. The molecule has 11 heavy (non-hydrogen) atoms. The van der Waals surface area contributed by atoms with E-state index in [0.717, 1.165) is 6.42 Å². The first-order valence-corrected chi connectivity index (χ1v) is 4.87. The van der Waals surface area contributed by atoms with Gasteiger partial charge in [0.2, 0.25) is 0 Å². The summed E-state index contributed by atoms with van der Waals surface area (Å²) in [6.07, 6.45) is 2.88. The Hall–Kier alpha value is -0.390. The van der Waals surface area contributed by atoms with Gasteiger partial charge >= 0.3 is 0 Å². The maximum Gasteiger partial charge on any atom is 0.287 e. The monoisotopic (exact) mass is 179 g/mol. The molecule has 0 amide bonds. The molecule has 0 aromatic heterocycles. The highest BCUT2D eigenvalue weighted by Crippen LogP contribution is 1.96. The molecule has 0 rings (SSSR count). The van der Waals surface area contributed by atoms with Gasteiger partial charge in [-0.3, -0.25) is 4.55 Å². The van der Waals surface area contributed by atoms with Crippen LogP contribution in [0.15, 0.2) is 11.5 Å². The second-order valence-electron chi connectivity index (χ2n) is 2.30. The fraction of sp³-hybridized carbons (Fsp3) is 0.667. The summed E-state index contributed by atoms with van der Waals surface area (Å²) in [6.45, 7) is 1.95. The van der Waals surface area contributed by atoms with Crippen molar-refractivity contribution in [2.75, 3.05) is 0 Å². The van der Waals surface area contributed by atoms with Crippen LogP contribution in [0.3, 0.4) is 0 Å². The Kier molecular flexibility index (Phi) is 4.32. The first kappa shape index (κ1) is 10.6. The van der Waals surface area contributed by atoms with E-state index in [1.807, 2.05) is 6.92 Å². The minimum absolute atomic E-state index is 0.290. The number of hydrogen-bond acceptors (Lipinski definition) is 3. The molecule has 4 nitrogen and oxygen atoms in total. The predicted octanol–water partition coefficient (Wildman–Crippen LogP) is 0.515. The Labute approximate surface area is 66.8 Å². The molecule has 0 aliphatic heterocycles. The molecule has 0 saturated heterocycles. The molecular weight excluding hydrogens is 166 g/mol. The lowest BCUT2D eigenvalue weighted by Gasteiger charge is -2.01. The second-order valence-corrected chi connectivity index (χ2v) is 3.60. The van der Waals surface area contributed by atoms with Crippen molar-refractivity contribution < 1.29 is 13.0 Å². The van der Waals surface area contributed by atoms with Gasteiger partial charge in [-0.25, -0.2) is 0 Å². The van der Waals surface area contributed by atoms with Gasteiger partial charge in [-0.2, -0.15) is 8.42 Å². The second kappa shape index (κ2) is 4.48. The zero-order chi connectivity index (χ0) is 8.91. The van der Waals surface area contributed by atoms with Gasteiger partial charge in [0.25, 0.3) is 10.1 Å². The first-order valence-electron chi connectivity index (χ1n) is 3.37. The lowest BCUT2D eigenvalue weighted by atomic mass is 10.2. The molecule has 0 bridgehead atoms. The highest BCUT2D eigenvalue weighted by Gasteiger charge is 1.98. The normalized spacial score (nSPS) is 15.5. The van der Waals surface area contributed by atoms with Gasteiger partial charge in [0.05, 0.1) is 5.41 Å². The summed E-state index contributed by atoms with van der Waals surface area (Å²) in [7, 11) is -4.00. The van der Waals surface area contributed by atoms with Crippen molar-refractivity contribution in [1.82, 2.24) is 0 Å². The Morgan fingerprint density at radius 3 is 2.55 bits per heavy atom. The Balaban J connectivity index is 3.93. The molecule has 0 heterocycles. The summed E-state index contributed by atoms with van der Waals surface area (Å²) in [5.41, 5.74) is 5.43. The van der Waals surface area contributed by atoms with Gasteiger partial charge in [0.15, 0.2) is 0 Å². The number of nitrogens with two attached hydrogens (primary N) is 1. The van der Waals surface area contributed by atoms with E-state index in [0.29, 0.717) is 11.8 Å². The van der Waals surface area contributed by atoms with Crippen LogP contribution < -0.4 is 5.73 Å². The van der Waals surface area contributed by atoms with Gasteiger partial charge in [-0.15, -0.1) is 0 Å². The van der Waals surface area contributed by atoms with Crippen molar-refractivity contribution in [3.63, 3.8) is 0 Å². The molecule has 3 N–H and O–H groups in total. The fourth-order valence-corrected chi connectivity index (χ4v) is 1.03. The maximum absolute atomic E-state index is 10.2. The van der Waals surface area contributed by atoms with E-state index in [-0.39, 0.29) is 6.04 Å². The summed E-state index contributed by atoms with van der Waals surface area (Å²) in [5.74, 6) is 0.